The van der Waals surface area contributed by atoms with Crippen LogP contribution in [-0.4, -0.2) is 76.6 Å². The number of carbonyl (C=O) groups excluding carboxylic acids is 1. The zero-order chi connectivity index (χ0) is 20.1. The van der Waals surface area contributed by atoms with E-state index in [0.717, 1.165) is 57.7 Å². The van der Waals surface area contributed by atoms with Crippen LogP contribution in [0.2, 0.25) is 5.02 Å². The second kappa shape index (κ2) is 9.69. The lowest BCUT2D eigenvalue weighted by Gasteiger charge is -2.34. The van der Waals surface area contributed by atoms with E-state index in [2.05, 4.69) is 19.9 Å². The van der Waals surface area contributed by atoms with Gasteiger partial charge in [-0.1, -0.05) is 41.7 Å². The van der Waals surface area contributed by atoms with Gasteiger partial charge in [0.2, 0.25) is 17.6 Å². The summed E-state index contributed by atoms with van der Waals surface area (Å²) in [6.45, 7) is 6.52. The molecule has 0 N–H and O–H groups in total. The highest BCUT2D eigenvalue weighted by Crippen LogP contribution is 2.25. The SMILES string of the molecule is O=C(CN1CCN(Cc2nc(-c3ccccc3Cl)no2)CC1)N1CCCCCC1. The van der Waals surface area contributed by atoms with Gasteiger partial charge in [-0.05, 0) is 25.0 Å². The van der Waals surface area contributed by atoms with Crippen LogP contribution in [0.25, 0.3) is 11.4 Å². The molecule has 8 heteroatoms. The maximum Gasteiger partial charge on any atom is 0.241 e. The van der Waals surface area contributed by atoms with E-state index in [1.807, 2.05) is 29.2 Å². The summed E-state index contributed by atoms with van der Waals surface area (Å²) in [6.07, 6.45) is 4.77. The van der Waals surface area contributed by atoms with E-state index in [0.29, 0.717) is 29.8 Å². The van der Waals surface area contributed by atoms with Gasteiger partial charge in [0.15, 0.2) is 0 Å². The quantitative estimate of drug-likeness (QED) is 0.745. The average Bonchev–Trinajstić information content (AvgIpc) is 3.01. The van der Waals surface area contributed by atoms with Crippen LogP contribution >= 0.6 is 11.6 Å². The molecule has 3 heterocycles. The van der Waals surface area contributed by atoms with Crippen LogP contribution < -0.4 is 0 Å². The smallest absolute Gasteiger partial charge is 0.241 e. The molecule has 4 rings (SSSR count). The van der Waals surface area contributed by atoms with Crippen molar-refractivity contribution in [2.24, 2.45) is 0 Å². The van der Waals surface area contributed by atoms with Crippen LogP contribution in [0.5, 0.6) is 0 Å². The van der Waals surface area contributed by atoms with Crippen LogP contribution in [0, 0.1) is 0 Å². The van der Waals surface area contributed by atoms with Crippen LogP contribution in [0.15, 0.2) is 28.8 Å². The van der Waals surface area contributed by atoms with Gasteiger partial charge in [0.05, 0.1) is 18.1 Å². The second-order valence-electron chi connectivity index (χ2n) is 7.84. The fraction of sp³-hybridized carbons (Fsp3) is 0.571. The van der Waals surface area contributed by atoms with Gasteiger partial charge in [-0.3, -0.25) is 14.6 Å². The van der Waals surface area contributed by atoms with E-state index in [-0.39, 0.29) is 5.91 Å². The molecule has 0 radical (unpaired) electrons. The summed E-state index contributed by atoms with van der Waals surface area (Å²) in [7, 11) is 0. The first kappa shape index (κ1) is 20.3. The third-order valence-electron chi connectivity index (χ3n) is 5.72. The fourth-order valence-corrected chi connectivity index (χ4v) is 4.20. The summed E-state index contributed by atoms with van der Waals surface area (Å²) < 4.78 is 5.42. The fourth-order valence-electron chi connectivity index (χ4n) is 3.98. The van der Waals surface area contributed by atoms with Gasteiger partial charge in [0, 0.05) is 44.8 Å². The summed E-state index contributed by atoms with van der Waals surface area (Å²) in [5.74, 6) is 1.39. The van der Waals surface area contributed by atoms with E-state index >= 15 is 0 Å². The lowest BCUT2D eigenvalue weighted by molar-refractivity contribution is -0.132. The van der Waals surface area contributed by atoms with Crippen molar-refractivity contribution in [1.82, 2.24) is 24.8 Å². The maximum atomic E-state index is 12.6. The number of halogens is 1. The number of nitrogens with zero attached hydrogens (tertiary/aromatic N) is 5. The summed E-state index contributed by atoms with van der Waals surface area (Å²) in [5, 5.41) is 4.68. The monoisotopic (exact) mass is 417 g/mol. The summed E-state index contributed by atoms with van der Waals surface area (Å²) in [5.41, 5.74) is 0.779. The first-order valence-corrected chi connectivity index (χ1v) is 10.9. The van der Waals surface area contributed by atoms with Crippen LogP contribution in [-0.2, 0) is 11.3 Å². The Bertz CT molecular complexity index is 811. The topological polar surface area (TPSA) is 65.7 Å². The highest BCUT2D eigenvalue weighted by molar-refractivity contribution is 6.33. The molecule has 0 saturated carbocycles. The van der Waals surface area contributed by atoms with Gasteiger partial charge in [0.25, 0.3) is 0 Å². The molecule has 0 bridgehead atoms. The van der Waals surface area contributed by atoms with E-state index in [4.69, 9.17) is 16.1 Å². The van der Waals surface area contributed by atoms with E-state index in [9.17, 15) is 4.79 Å². The Morgan fingerprint density at radius 2 is 1.66 bits per heavy atom. The molecule has 0 unspecified atom stereocenters. The van der Waals surface area contributed by atoms with Crippen LogP contribution in [0.1, 0.15) is 31.6 Å². The van der Waals surface area contributed by atoms with Gasteiger partial charge >= 0.3 is 0 Å². The molecule has 2 fully saturated rings. The summed E-state index contributed by atoms with van der Waals surface area (Å²) in [4.78, 5) is 23.7. The number of rotatable bonds is 5. The molecule has 2 aliphatic heterocycles. The molecule has 1 aromatic carbocycles. The van der Waals surface area contributed by atoms with Gasteiger partial charge in [-0.2, -0.15) is 4.98 Å². The predicted octanol–water partition coefficient (Wildman–Crippen LogP) is 2.91. The van der Waals surface area contributed by atoms with Crippen molar-refractivity contribution in [2.75, 3.05) is 45.8 Å². The standard InChI is InChI=1S/C21H28ClN5O2/c22-18-8-4-3-7-17(18)21-23-19(29-24-21)15-25-11-13-26(14-12-25)16-20(28)27-9-5-1-2-6-10-27/h3-4,7-8H,1-2,5-6,9-16H2. The van der Waals surface area contributed by atoms with Gasteiger partial charge in [0.1, 0.15) is 0 Å². The van der Waals surface area contributed by atoms with Crippen molar-refractivity contribution < 1.29 is 9.32 Å². The van der Waals surface area contributed by atoms with Gasteiger partial charge < -0.3 is 9.42 Å². The Morgan fingerprint density at radius 1 is 0.966 bits per heavy atom. The number of benzene rings is 1. The number of likely N-dealkylation sites (tertiary alicyclic amines) is 1. The summed E-state index contributed by atoms with van der Waals surface area (Å²) in [6, 6.07) is 7.49. The third-order valence-corrected chi connectivity index (χ3v) is 6.05. The Kier molecular flexibility index (Phi) is 6.79. The minimum Gasteiger partial charge on any atom is -0.342 e. The van der Waals surface area contributed by atoms with Crippen molar-refractivity contribution in [1.29, 1.82) is 0 Å². The van der Waals surface area contributed by atoms with Crippen molar-refractivity contribution in [2.45, 2.75) is 32.2 Å². The predicted molar refractivity (Wildman–Crippen MR) is 112 cm³/mol. The zero-order valence-electron chi connectivity index (χ0n) is 16.7. The molecular formula is C21H28ClN5O2. The van der Waals surface area contributed by atoms with Crippen molar-refractivity contribution in [3.63, 3.8) is 0 Å². The first-order valence-electron chi connectivity index (χ1n) is 10.5. The Labute approximate surface area is 176 Å². The molecule has 0 spiro atoms. The molecule has 2 aliphatic rings. The molecule has 2 aromatic rings. The van der Waals surface area contributed by atoms with E-state index in [1.54, 1.807) is 0 Å². The molecular weight excluding hydrogens is 390 g/mol. The number of amides is 1. The summed E-state index contributed by atoms with van der Waals surface area (Å²) >= 11 is 6.21. The maximum absolute atomic E-state index is 12.6. The number of piperazine rings is 1. The molecule has 0 aliphatic carbocycles. The Morgan fingerprint density at radius 3 is 2.38 bits per heavy atom. The molecule has 2 saturated heterocycles. The molecule has 1 aromatic heterocycles. The van der Waals surface area contributed by atoms with Gasteiger partial charge in [-0.25, -0.2) is 0 Å². The number of aromatic nitrogens is 2. The number of carbonyl (C=O) groups is 1. The lowest BCUT2D eigenvalue weighted by Crippen LogP contribution is -2.49. The van der Waals surface area contributed by atoms with Gasteiger partial charge in [-0.15, -0.1) is 0 Å². The molecule has 29 heavy (non-hydrogen) atoms. The molecule has 156 valence electrons. The second-order valence-corrected chi connectivity index (χ2v) is 8.25. The van der Waals surface area contributed by atoms with E-state index < -0.39 is 0 Å². The first-order chi connectivity index (χ1) is 14.2. The Hall–Kier alpha value is -1.96. The van der Waals surface area contributed by atoms with Crippen molar-refractivity contribution >= 4 is 17.5 Å². The highest BCUT2D eigenvalue weighted by atomic mass is 35.5. The minimum absolute atomic E-state index is 0.279. The van der Waals surface area contributed by atoms with Crippen molar-refractivity contribution in [3.05, 3.63) is 35.2 Å². The van der Waals surface area contributed by atoms with Crippen LogP contribution in [0.4, 0.5) is 0 Å². The zero-order valence-corrected chi connectivity index (χ0v) is 17.5. The van der Waals surface area contributed by atoms with Crippen LogP contribution in [0.3, 0.4) is 0 Å². The largest absolute Gasteiger partial charge is 0.342 e. The minimum atomic E-state index is 0.279. The third kappa shape index (κ3) is 5.35. The lowest BCUT2D eigenvalue weighted by atomic mass is 10.2. The molecule has 7 nitrogen and oxygen atoms in total. The Balaban J connectivity index is 1.25. The van der Waals surface area contributed by atoms with Crippen molar-refractivity contribution in [3.8, 4) is 11.4 Å². The highest BCUT2D eigenvalue weighted by Gasteiger charge is 2.23. The average molecular weight is 418 g/mol. The normalized spacial score (nSPS) is 19.3. The molecule has 1 amide bonds. The number of hydrogen-bond donors (Lipinski definition) is 0. The number of hydrogen-bond acceptors (Lipinski definition) is 6. The molecule has 0 atom stereocenters. The van der Waals surface area contributed by atoms with E-state index in [1.165, 1.54) is 12.8 Å².